The van der Waals surface area contributed by atoms with E-state index in [2.05, 4.69) is 27.9 Å². The predicted molar refractivity (Wildman–Crippen MR) is 150 cm³/mol. The van der Waals surface area contributed by atoms with Gasteiger partial charge in [0, 0.05) is 0 Å². The van der Waals surface area contributed by atoms with Gasteiger partial charge < -0.3 is 24.2 Å². The molecule has 0 amide bonds. The van der Waals surface area contributed by atoms with Gasteiger partial charge >= 0.3 is 0 Å². The summed E-state index contributed by atoms with van der Waals surface area (Å²) in [7, 11) is 4.36. The Morgan fingerprint density at radius 2 is 0.829 bits per heavy atom. The van der Waals surface area contributed by atoms with E-state index in [0.717, 1.165) is 43.3 Å². The lowest BCUT2D eigenvalue weighted by atomic mass is 10.1. The van der Waals surface area contributed by atoms with Crippen molar-refractivity contribution in [3.8, 4) is 0 Å². The smallest absolute Gasteiger partial charge is 0.102 e. The molecule has 2 atom stereocenters. The van der Waals surface area contributed by atoms with Gasteiger partial charge in [-0.2, -0.15) is 0 Å². The minimum Gasteiger partial charge on any atom is -0.391 e. The van der Waals surface area contributed by atoms with Crippen LogP contribution in [0.4, 0.5) is 0 Å². The molecule has 0 saturated heterocycles. The molecular weight excluding hydrogens is 438 g/mol. The van der Waals surface area contributed by atoms with Crippen molar-refractivity contribution in [2.75, 3.05) is 53.6 Å². The zero-order valence-electron chi connectivity index (χ0n) is 24.3. The molecule has 0 radical (unpaired) electrons. The average Bonchev–Trinajstić information content (AvgIpc) is 2.83. The molecule has 0 bridgehead atoms. The normalized spacial score (nSPS) is 13.9. The van der Waals surface area contributed by atoms with Gasteiger partial charge in [0.1, 0.15) is 13.1 Å². The molecule has 0 spiro atoms. The Hall–Kier alpha value is -0.200. The molecule has 0 rings (SSSR count). The number of aliphatic hydroxyl groups is 2. The fourth-order valence-corrected chi connectivity index (χ4v) is 4.37. The van der Waals surface area contributed by atoms with Gasteiger partial charge in [0.15, 0.2) is 0 Å². The second-order valence-corrected chi connectivity index (χ2v) is 11.4. The second-order valence-electron chi connectivity index (χ2n) is 11.4. The summed E-state index contributed by atoms with van der Waals surface area (Å²) in [5, 5.41) is 20.3. The van der Waals surface area contributed by atoms with Gasteiger partial charge in [-0.1, -0.05) is 117 Å². The summed E-state index contributed by atoms with van der Waals surface area (Å²) in [5.74, 6) is 0. The Bertz CT molecular complexity index is 383. The topological polar surface area (TPSA) is 58.9 Å². The number of nitrogens with zero attached hydrogens (tertiary/aromatic N) is 1. The minimum atomic E-state index is -0.336. The van der Waals surface area contributed by atoms with Crippen molar-refractivity contribution in [1.29, 1.82) is 0 Å². The summed E-state index contributed by atoms with van der Waals surface area (Å²) in [6, 6.07) is 0. The number of likely N-dealkylation sites (N-methyl/N-ethyl adjacent to an activating group) is 1. The van der Waals surface area contributed by atoms with E-state index < -0.39 is 0 Å². The molecule has 0 aliphatic rings. The molecule has 0 aromatic rings. The lowest BCUT2D eigenvalue weighted by molar-refractivity contribution is -0.891. The zero-order valence-corrected chi connectivity index (χ0v) is 24.3. The molecule has 0 aromatic heterocycles. The van der Waals surface area contributed by atoms with Crippen LogP contribution >= 0.6 is 0 Å². The van der Waals surface area contributed by atoms with Crippen LogP contribution in [0.5, 0.6) is 0 Å². The predicted octanol–water partition coefficient (Wildman–Crippen LogP) is 6.88. The Morgan fingerprint density at radius 1 is 0.514 bits per heavy atom. The van der Waals surface area contributed by atoms with Crippen molar-refractivity contribution in [3.63, 3.8) is 0 Å². The summed E-state index contributed by atoms with van der Waals surface area (Å²) in [6.07, 6.45) is 21.7. The van der Waals surface area contributed by atoms with Gasteiger partial charge in [0.2, 0.25) is 0 Å². The molecule has 2 N–H and O–H groups in total. The Balaban J connectivity index is 3.54. The van der Waals surface area contributed by atoms with E-state index in [9.17, 15) is 10.2 Å². The van der Waals surface area contributed by atoms with E-state index in [4.69, 9.17) is 9.47 Å². The first-order chi connectivity index (χ1) is 16.9. The Morgan fingerprint density at radius 3 is 1.17 bits per heavy atom. The fourth-order valence-electron chi connectivity index (χ4n) is 4.37. The molecule has 0 aromatic carbocycles. The van der Waals surface area contributed by atoms with Crippen molar-refractivity contribution in [1.82, 2.24) is 0 Å². The summed E-state index contributed by atoms with van der Waals surface area (Å²) < 4.78 is 12.3. The van der Waals surface area contributed by atoms with Crippen molar-refractivity contribution in [2.45, 2.75) is 142 Å². The fraction of sp³-hybridized carbons (Fsp3) is 1.00. The molecule has 0 aliphatic carbocycles. The molecule has 5 nitrogen and oxygen atoms in total. The highest BCUT2D eigenvalue weighted by atomic mass is 16.5. The highest BCUT2D eigenvalue weighted by Gasteiger charge is 2.15. The number of rotatable bonds is 28. The maximum absolute atomic E-state index is 10.1. The molecular formula is C30H64NO4+. The van der Waals surface area contributed by atoms with E-state index >= 15 is 0 Å². The Kier molecular flexibility index (Phi) is 25.3. The van der Waals surface area contributed by atoms with Gasteiger partial charge in [0.25, 0.3) is 0 Å². The largest absolute Gasteiger partial charge is 0.391 e. The summed E-state index contributed by atoms with van der Waals surface area (Å²) in [4.78, 5) is 0. The molecule has 0 heterocycles. The van der Waals surface area contributed by atoms with Crippen LogP contribution in [-0.2, 0) is 9.47 Å². The molecule has 35 heavy (non-hydrogen) atoms. The molecule has 5 heteroatoms. The maximum atomic E-state index is 10.1. The average molecular weight is 503 g/mol. The quantitative estimate of drug-likeness (QED) is 0.0904. The number of hydrogen-bond donors (Lipinski definition) is 2. The van der Waals surface area contributed by atoms with Gasteiger partial charge in [0.05, 0.1) is 52.7 Å². The number of ether oxygens (including phenoxy) is 2. The molecule has 0 saturated carbocycles. The first kappa shape index (κ1) is 34.8. The highest BCUT2D eigenvalue weighted by molar-refractivity contribution is 4.56. The third-order valence-corrected chi connectivity index (χ3v) is 7.08. The van der Waals surface area contributed by atoms with E-state index in [1.165, 1.54) is 89.9 Å². The van der Waals surface area contributed by atoms with Gasteiger partial charge in [-0.15, -0.1) is 0 Å². The van der Waals surface area contributed by atoms with Crippen LogP contribution in [0.3, 0.4) is 0 Å². The van der Waals surface area contributed by atoms with Gasteiger partial charge in [-0.05, 0) is 12.8 Å². The monoisotopic (exact) mass is 502 g/mol. The van der Waals surface area contributed by atoms with Crippen molar-refractivity contribution in [2.24, 2.45) is 0 Å². The van der Waals surface area contributed by atoms with Crippen LogP contribution in [-0.4, -0.2) is 80.5 Å². The summed E-state index contributed by atoms with van der Waals surface area (Å²) >= 11 is 0. The van der Waals surface area contributed by atoms with Gasteiger partial charge in [-0.3, -0.25) is 0 Å². The third-order valence-electron chi connectivity index (χ3n) is 7.08. The standard InChI is InChI=1S/C30H64NO4/c1-5-7-9-11-13-15-17-19-21-29(32)27-34-25-23-31(3,4)24-26-35-28-30(33)22-20-18-16-14-12-10-8-6-2/h29-30,32-33H,5-28H2,1-4H3/q+1. The summed E-state index contributed by atoms with van der Waals surface area (Å²) in [6.45, 7) is 8.50. The Labute approximate surface area is 219 Å². The van der Waals surface area contributed by atoms with Crippen molar-refractivity contribution >= 4 is 0 Å². The SMILES string of the molecule is CCCCCCCCCCC(O)COCC[N+](C)(C)CCOCC(O)CCCCCCCCCC. The van der Waals surface area contributed by atoms with Crippen LogP contribution in [0.15, 0.2) is 0 Å². The van der Waals surface area contributed by atoms with E-state index in [0.29, 0.717) is 26.4 Å². The number of hydrogen-bond acceptors (Lipinski definition) is 4. The van der Waals surface area contributed by atoms with Crippen molar-refractivity contribution < 1.29 is 24.2 Å². The zero-order chi connectivity index (χ0) is 26.0. The van der Waals surface area contributed by atoms with Crippen LogP contribution in [0.1, 0.15) is 129 Å². The van der Waals surface area contributed by atoms with Crippen LogP contribution in [0, 0.1) is 0 Å². The second kappa shape index (κ2) is 25.4. The molecule has 0 fully saturated rings. The number of aliphatic hydroxyl groups excluding tert-OH is 2. The lowest BCUT2D eigenvalue weighted by Gasteiger charge is -2.29. The number of unbranched alkanes of at least 4 members (excludes halogenated alkanes) is 14. The van der Waals surface area contributed by atoms with E-state index in [-0.39, 0.29) is 12.2 Å². The highest BCUT2D eigenvalue weighted by Crippen LogP contribution is 2.12. The first-order valence-electron chi connectivity index (χ1n) is 15.2. The first-order valence-corrected chi connectivity index (χ1v) is 15.2. The lowest BCUT2D eigenvalue weighted by Crippen LogP contribution is -2.45. The molecule has 2 unspecified atom stereocenters. The number of quaternary nitrogens is 1. The van der Waals surface area contributed by atoms with E-state index in [1.54, 1.807) is 0 Å². The van der Waals surface area contributed by atoms with Gasteiger partial charge in [-0.25, -0.2) is 0 Å². The van der Waals surface area contributed by atoms with Crippen molar-refractivity contribution in [3.05, 3.63) is 0 Å². The summed E-state index contributed by atoms with van der Waals surface area (Å²) in [5.41, 5.74) is 0. The minimum absolute atomic E-state index is 0.336. The van der Waals surface area contributed by atoms with Crippen LogP contribution < -0.4 is 0 Å². The van der Waals surface area contributed by atoms with Crippen LogP contribution in [0.2, 0.25) is 0 Å². The van der Waals surface area contributed by atoms with Crippen LogP contribution in [0.25, 0.3) is 0 Å². The third kappa shape index (κ3) is 26.7. The van der Waals surface area contributed by atoms with E-state index in [1.807, 2.05) is 0 Å². The molecule has 212 valence electrons. The molecule has 0 aliphatic heterocycles. The maximum Gasteiger partial charge on any atom is 0.102 e.